The summed E-state index contributed by atoms with van der Waals surface area (Å²) >= 11 is 1.94. The quantitative estimate of drug-likeness (QED) is 0.918. The van der Waals surface area contributed by atoms with Crippen LogP contribution in [-0.2, 0) is 0 Å². The molecule has 6 heteroatoms. The Hall–Kier alpha value is -1.69. The van der Waals surface area contributed by atoms with E-state index in [-0.39, 0.29) is 10.3 Å². The van der Waals surface area contributed by atoms with Crippen LogP contribution in [0.1, 0.15) is 24.2 Å². The molecule has 1 aromatic carbocycles. The van der Waals surface area contributed by atoms with Crippen LogP contribution in [0, 0.1) is 0 Å². The number of benzene rings is 1. The molecule has 0 amide bonds. The average Bonchev–Trinajstić information content (AvgIpc) is 2.80. The molecule has 1 aromatic heterocycles. The fourth-order valence-corrected chi connectivity index (χ4v) is 3.47. The van der Waals surface area contributed by atoms with Crippen LogP contribution in [-0.4, -0.2) is 39.6 Å². The van der Waals surface area contributed by atoms with Crippen molar-refractivity contribution in [3.05, 3.63) is 23.8 Å². The summed E-state index contributed by atoms with van der Waals surface area (Å²) < 4.78 is 5.91. The zero-order valence-corrected chi connectivity index (χ0v) is 12.2. The van der Waals surface area contributed by atoms with E-state index in [1.807, 2.05) is 11.8 Å². The zero-order chi connectivity index (χ0) is 14.3. The second kappa shape index (κ2) is 4.70. The largest absolute Gasteiger partial charge is 0.478 e. The Morgan fingerprint density at radius 3 is 3.00 bits per heavy atom. The number of thioether (sulfide) groups is 1. The number of anilines is 1. The smallest absolute Gasteiger partial charge is 0.335 e. The van der Waals surface area contributed by atoms with Crippen LogP contribution in [0.2, 0.25) is 0 Å². The van der Waals surface area contributed by atoms with Gasteiger partial charge in [0.25, 0.3) is 6.01 Å². The molecule has 0 atom stereocenters. The maximum atomic E-state index is 11.0. The van der Waals surface area contributed by atoms with Crippen LogP contribution in [0.4, 0.5) is 6.01 Å². The van der Waals surface area contributed by atoms with Crippen LogP contribution in [0.5, 0.6) is 0 Å². The van der Waals surface area contributed by atoms with E-state index in [1.54, 1.807) is 12.1 Å². The van der Waals surface area contributed by atoms with Crippen molar-refractivity contribution in [3.8, 4) is 0 Å². The second-order valence-electron chi connectivity index (χ2n) is 5.51. The summed E-state index contributed by atoms with van der Waals surface area (Å²) in [4.78, 5) is 17.5. The number of fused-ring (bicyclic) bond motifs is 1. The monoisotopic (exact) mass is 292 g/mol. The molecule has 5 nitrogen and oxygen atoms in total. The van der Waals surface area contributed by atoms with Gasteiger partial charge in [-0.1, -0.05) is 0 Å². The first kappa shape index (κ1) is 13.3. The number of aromatic nitrogens is 1. The first-order chi connectivity index (χ1) is 9.44. The molecule has 3 rings (SSSR count). The molecule has 0 unspecified atom stereocenters. The lowest BCUT2D eigenvalue weighted by molar-refractivity contribution is 0.0697. The first-order valence-corrected chi connectivity index (χ1v) is 7.46. The Morgan fingerprint density at radius 1 is 1.50 bits per heavy atom. The summed E-state index contributed by atoms with van der Waals surface area (Å²) in [5.41, 5.74) is 1.44. The van der Waals surface area contributed by atoms with Crippen LogP contribution < -0.4 is 4.90 Å². The van der Waals surface area contributed by atoms with E-state index >= 15 is 0 Å². The van der Waals surface area contributed by atoms with E-state index in [0.29, 0.717) is 17.1 Å². The highest BCUT2D eigenvalue weighted by Gasteiger charge is 2.29. The SMILES string of the molecule is CC1(C)CN(c2nc3ccc(C(=O)O)cc3o2)CCS1. The first-order valence-electron chi connectivity index (χ1n) is 6.47. The summed E-state index contributed by atoms with van der Waals surface area (Å²) in [5, 5.41) is 8.99. The molecular formula is C14H16N2O3S. The predicted molar refractivity (Wildman–Crippen MR) is 79.7 cm³/mol. The van der Waals surface area contributed by atoms with E-state index < -0.39 is 5.97 Å². The molecule has 1 saturated heterocycles. The molecule has 0 aliphatic carbocycles. The fraction of sp³-hybridized carbons (Fsp3) is 0.429. The van der Waals surface area contributed by atoms with Gasteiger partial charge in [0.1, 0.15) is 5.52 Å². The maximum absolute atomic E-state index is 11.0. The van der Waals surface area contributed by atoms with E-state index in [1.165, 1.54) is 6.07 Å². The molecule has 2 heterocycles. The van der Waals surface area contributed by atoms with Gasteiger partial charge in [0, 0.05) is 23.6 Å². The zero-order valence-electron chi connectivity index (χ0n) is 11.4. The second-order valence-corrected chi connectivity index (χ2v) is 7.32. The van der Waals surface area contributed by atoms with Gasteiger partial charge in [-0.15, -0.1) is 0 Å². The number of carboxylic acid groups (broad SMARTS) is 1. The van der Waals surface area contributed by atoms with Gasteiger partial charge in [0.05, 0.1) is 5.56 Å². The Labute approximate surface area is 121 Å². The highest BCUT2D eigenvalue weighted by atomic mass is 32.2. The third kappa shape index (κ3) is 2.47. The molecule has 1 N–H and O–H groups in total. The summed E-state index contributed by atoms with van der Waals surface area (Å²) in [7, 11) is 0. The number of hydrogen-bond acceptors (Lipinski definition) is 5. The molecule has 20 heavy (non-hydrogen) atoms. The molecule has 0 saturated carbocycles. The minimum atomic E-state index is -0.958. The number of hydrogen-bond donors (Lipinski definition) is 1. The average molecular weight is 292 g/mol. The lowest BCUT2D eigenvalue weighted by atomic mass is 10.2. The fourth-order valence-electron chi connectivity index (χ4n) is 2.36. The lowest BCUT2D eigenvalue weighted by Gasteiger charge is -2.36. The normalized spacial score (nSPS) is 18.4. The van der Waals surface area contributed by atoms with E-state index in [2.05, 4.69) is 23.7 Å². The van der Waals surface area contributed by atoms with Crippen LogP contribution in [0.25, 0.3) is 11.1 Å². The van der Waals surface area contributed by atoms with Crippen LogP contribution >= 0.6 is 11.8 Å². The summed E-state index contributed by atoms with van der Waals surface area (Å²) in [6, 6.07) is 5.34. The minimum absolute atomic E-state index is 0.172. The van der Waals surface area contributed by atoms with Crippen molar-refractivity contribution in [3.63, 3.8) is 0 Å². The molecular weight excluding hydrogens is 276 g/mol. The third-order valence-corrected chi connectivity index (χ3v) is 4.62. The van der Waals surface area contributed by atoms with E-state index in [4.69, 9.17) is 9.52 Å². The van der Waals surface area contributed by atoms with Crippen molar-refractivity contribution in [2.45, 2.75) is 18.6 Å². The predicted octanol–water partition coefficient (Wildman–Crippen LogP) is 2.86. The maximum Gasteiger partial charge on any atom is 0.335 e. The third-order valence-electron chi connectivity index (χ3n) is 3.32. The number of aromatic carboxylic acids is 1. The van der Waals surface area contributed by atoms with Crippen LogP contribution in [0.3, 0.4) is 0 Å². The van der Waals surface area contributed by atoms with E-state index in [9.17, 15) is 4.79 Å². The highest BCUT2D eigenvalue weighted by molar-refractivity contribution is 8.00. The van der Waals surface area contributed by atoms with Crippen molar-refractivity contribution in [2.24, 2.45) is 0 Å². The summed E-state index contributed by atoms with van der Waals surface area (Å²) in [6.45, 7) is 6.17. The van der Waals surface area contributed by atoms with Gasteiger partial charge >= 0.3 is 5.97 Å². The molecule has 0 radical (unpaired) electrons. The molecule has 1 fully saturated rings. The molecule has 1 aliphatic heterocycles. The number of oxazole rings is 1. The summed E-state index contributed by atoms with van der Waals surface area (Å²) in [6.07, 6.45) is 0. The molecule has 106 valence electrons. The lowest BCUT2D eigenvalue weighted by Crippen LogP contribution is -2.43. The highest BCUT2D eigenvalue weighted by Crippen LogP contribution is 2.33. The van der Waals surface area contributed by atoms with Crippen molar-refractivity contribution in [1.29, 1.82) is 0 Å². The van der Waals surface area contributed by atoms with Gasteiger partial charge in [-0.2, -0.15) is 16.7 Å². The molecule has 1 aliphatic rings. The van der Waals surface area contributed by atoms with Crippen molar-refractivity contribution in [1.82, 2.24) is 4.98 Å². The van der Waals surface area contributed by atoms with Crippen LogP contribution in [0.15, 0.2) is 22.6 Å². The van der Waals surface area contributed by atoms with Gasteiger partial charge in [0.2, 0.25) is 0 Å². The minimum Gasteiger partial charge on any atom is -0.478 e. The van der Waals surface area contributed by atoms with Crippen molar-refractivity contribution in [2.75, 3.05) is 23.7 Å². The van der Waals surface area contributed by atoms with Gasteiger partial charge in [-0.05, 0) is 32.0 Å². The van der Waals surface area contributed by atoms with E-state index in [0.717, 1.165) is 18.8 Å². The number of nitrogens with zero attached hydrogens (tertiary/aromatic N) is 2. The van der Waals surface area contributed by atoms with Crippen molar-refractivity contribution >= 4 is 34.8 Å². The Kier molecular flexibility index (Phi) is 3.12. The number of rotatable bonds is 2. The molecule has 0 bridgehead atoms. The Bertz CT molecular complexity index is 665. The summed E-state index contributed by atoms with van der Waals surface area (Å²) in [5.74, 6) is 0.0758. The number of carboxylic acids is 1. The van der Waals surface area contributed by atoms with Gasteiger partial charge in [-0.3, -0.25) is 0 Å². The topological polar surface area (TPSA) is 66.6 Å². The standard InChI is InChI=1S/C14H16N2O3S/c1-14(2)8-16(5-6-20-14)13-15-10-4-3-9(12(17)18)7-11(10)19-13/h3-4,7H,5-6,8H2,1-2H3,(H,17,18). The van der Waals surface area contributed by atoms with Gasteiger partial charge < -0.3 is 14.4 Å². The molecule has 0 spiro atoms. The Balaban J connectivity index is 1.94. The van der Waals surface area contributed by atoms with Crippen molar-refractivity contribution < 1.29 is 14.3 Å². The molecule has 2 aromatic rings. The van der Waals surface area contributed by atoms with Gasteiger partial charge in [-0.25, -0.2) is 4.79 Å². The number of carbonyl (C=O) groups is 1. The van der Waals surface area contributed by atoms with Gasteiger partial charge in [0.15, 0.2) is 5.58 Å². The Morgan fingerprint density at radius 2 is 2.30 bits per heavy atom.